The average Bonchev–Trinajstić information content (AvgIpc) is 3.13. The summed E-state index contributed by atoms with van der Waals surface area (Å²) in [5.41, 5.74) is 0.553. The Kier molecular flexibility index (Phi) is 3.53. The number of hydrogen-bond acceptors (Lipinski definition) is 4. The highest BCUT2D eigenvalue weighted by Crippen LogP contribution is 2.37. The van der Waals surface area contributed by atoms with Crippen LogP contribution in [-0.2, 0) is 0 Å². The second kappa shape index (κ2) is 5.09. The van der Waals surface area contributed by atoms with Gasteiger partial charge in [0.25, 0.3) is 0 Å². The molecule has 92 valence electrons. The molecule has 2 amide bonds. The van der Waals surface area contributed by atoms with Crippen molar-refractivity contribution >= 4 is 11.7 Å². The van der Waals surface area contributed by atoms with Crippen molar-refractivity contribution in [3.63, 3.8) is 0 Å². The molecule has 1 atom stereocenters. The standard InChI is InChI=1S/C11H16N4O2/c1-7(6-16)14-11(17)15-9-4-12-10(13-5-9)8-2-3-8/h4-5,7-8,16H,2-3,6H2,1H3,(H2,14,15,17). The van der Waals surface area contributed by atoms with E-state index in [1.54, 1.807) is 19.3 Å². The topological polar surface area (TPSA) is 87.1 Å². The van der Waals surface area contributed by atoms with E-state index in [0.29, 0.717) is 11.6 Å². The van der Waals surface area contributed by atoms with Gasteiger partial charge in [-0.1, -0.05) is 0 Å². The summed E-state index contributed by atoms with van der Waals surface area (Å²) in [4.78, 5) is 19.8. The van der Waals surface area contributed by atoms with Crippen LogP contribution >= 0.6 is 0 Å². The summed E-state index contributed by atoms with van der Waals surface area (Å²) < 4.78 is 0. The number of hydrogen-bond donors (Lipinski definition) is 3. The van der Waals surface area contributed by atoms with Gasteiger partial charge in [0.05, 0.1) is 30.7 Å². The molecule has 1 fully saturated rings. The second-order valence-corrected chi connectivity index (χ2v) is 4.29. The first kappa shape index (κ1) is 11.8. The van der Waals surface area contributed by atoms with E-state index in [4.69, 9.17) is 5.11 Å². The molecule has 6 heteroatoms. The Balaban J connectivity index is 1.87. The summed E-state index contributed by atoms with van der Waals surface area (Å²) in [6.07, 6.45) is 5.51. The maximum absolute atomic E-state index is 11.4. The lowest BCUT2D eigenvalue weighted by atomic mass is 10.4. The summed E-state index contributed by atoms with van der Waals surface area (Å²) in [5, 5.41) is 14.0. The Morgan fingerprint density at radius 1 is 1.53 bits per heavy atom. The predicted octanol–water partition coefficient (Wildman–Crippen LogP) is 0.856. The Morgan fingerprint density at radius 3 is 2.71 bits per heavy atom. The van der Waals surface area contributed by atoms with Crippen LogP contribution < -0.4 is 10.6 Å². The maximum atomic E-state index is 11.4. The lowest BCUT2D eigenvalue weighted by Crippen LogP contribution is -2.38. The molecule has 1 aliphatic rings. The highest BCUT2D eigenvalue weighted by molar-refractivity contribution is 5.88. The first-order valence-corrected chi connectivity index (χ1v) is 5.69. The predicted molar refractivity (Wildman–Crippen MR) is 62.7 cm³/mol. The maximum Gasteiger partial charge on any atom is 0.319 e. The van der Waals surface area contributed by atoms with Crippen molar-refractivity contribution < 1.29 is 9.90 Å². The quantitative estimate of drug-likeness (QED) is 0.723. The number of aromatic nitrogens is 2. The van der Waals surface area contributed by atoms with Crippen molar-refractivity contribution in [2.45, 2.75) is 31.7 Å². The molecular formula is C11H16N4O2. The van der Waals surface area contributed by atoms with E-state index < -0.39 is 0 Å². The summed E-state index contributed by atoms with van der Waals surface area (Å²) in [5.74, 6) is 1.35. The number of carbonyl (C=O) groups is 1. The van der Waals surface area contributed by atoms with E-state index in [1.807, 2.05) is 0 Å². The zero-order valence-corrected chi connectivity index (χ0v) is 9.68. The molecule has 2 rings (SSSR count). The first-order chi connectivity index (χ1) is 8.19. The van der Waals surface area contributed by atoms with Gasteiger partial charge in [-0.05, 0) is 19.8 Å². The average molecular weight is 236 g/mol. The Bertz CT molecular complexity index is 389. The van der Waals surface area contributed by atoms with Crippen molar-refractivity contribution in [3.8, 4) is 0 Å². The summed E-state index contributed by atoms with van der Waals surface area (Å²) >= 11 is 0. The van der Waals surface area contributed by atoms with Crippen LogP contribution in [0.2, 0.25) is 0 Å². The number of nitrogens with one attached hydrogen (secondary N) is 2. The number of rotatable bonds is 4. The molecule has 6 nitrogen and oxygen atoms in total. The fraction of sp³-hybridized carbons (Fsp3) is 0.545. The fourth-order valence-corrected chi connectivity index (χ4v) is 1.39. The molecule has 1 aromatic rings. The van der Waals surface area contributed by atoms with Crippen molar-refractivity contribution in [1.82, 2.24) is 15.3 Å². The van der Waals surface area contributed by atoms with Gasteiger partial charge in [-0.25, -0.2) is 14.8 Å². The zero-order chi connectivity index (χ0) is 12.3. The monoisotopic (exact) mass is 236 g/mol. The Morgan fingerprint density at radius 2 is 2.18 bits per heavy atom. The molecule has 1 aromatic heterocycles. The summed E-state index contributed by atoms with van der Waals surface area (Å²) in [7, 11) is 0. The number of nitrogens with zero attached hydrogens (tertiary/aromatic N) is 2. The van der Waals surface area contributed by atoms with Crippen LogP contribution in [0.3, 0.4) is 0 Å². The molecule has 1 heterocycles. The van der Waals surface area contributed by atoms with E-state index in [9.17, 15) is 4.79 Å². The van der Waals surface area contributed by atoms with Crippen LogP contribution in [0.15, 0.2) is 12.4 Å². The van der Waals surface area contributed by atoms with Crippen molar-refractivity contribution in [1.29, 1.82) is 0 Å². The molecule has 0 radical (unpaired) electrons. The molecule has 0 saturated heterocycles. The minimum atomic E-state index is -0.366. The highest BCUT2D eigenvalue weighted by Gasteiger charge is 2.26. The molecule has 3 N–H and O–H groups in total. The van der Waals surface area contributed by atoms with E-state index in [2.05, 4.69) is 20.6 Å². The Hall–Kier alpha value is -1.69. The van der Waals surface area contributed by atoms with E-state index >= 15 is 0 Å². The van der Waals surface area contributed by atoms with Gasteiger partial charge in [-0.15, -0.1) is 0 Å². The number of aliphatic hydroxyl groups is 1. The number of anilines is 1. The van der Waals surface area contributed by atoms with Crippen molar-refractivity contribution in [3.05, 3.63) is 18.2 Å². The van der Waals surface area contributed by atoms with Crippen LogP contribution in [0.25, 0.3) is 0 Å². The molecule has 17 heavy (non-hydrogen) atoms. The molecule has 0 bridgehead atoms. The van der Waals surface area contributed by atoms with Gasteiger partial charge in [-0.2, -0.15) is 0 Å². The van der Waals surface area contributed by atoms with Gasteiger partial charge in [0.1, 0.15) is 5.82 Å². The number of amides is 2. The van der Waals surface area contributed by atoms with E-state index in [0.717, 1.165) is 18.7 Å². The normalized spacial score (nSPS) is 16.4. The largest absolute Gasteiger partial charge is 0.394 e. The summed E-state index contributed by atoms with van der Waals surface area (Å²) in [6, 6.07) is -0.643. The summed E-state index contributed by atoms with van der Waals surface area (Å²) in [6.45, 7) is 1.62. The minimum Gasteiger partial charge on any atom is -0.394 e. The third-order valence-corrected chi connectivity index (χ3v) is 2.52. The van der Waals surface area contributed by atoms with Gasteiger partial charge in [0, 0.05) is 5.92 Å². The van der Waals surface area contributed by atoms with Crippen LogP contribution in [0.1, 0.15) is 31.5 Å². The van der Waals surface area contributed by atoms with E-state index in [-0.39, 0.29) is 18.7 Å². The second-order valence-electron chi connectivity index (χ2n) is 4.29. The lowest BCUT2D eigenvalue weighted by Gasteiger charge is -2.11. The molecule has 1 saturated carbocycles. The molecule has 0 aliphatic heterocycles. The molecule has 1 unspecified atom stereocenters. The molecule has 0 aromatic carbocycles. The van der Waals surface area contributed by atoms with Gasteiger partial charge in [-0.3, -0.25) is 0 Å². The molecular weight excluding hydrogens is 220 g/mol. The van der Waals surface area contributed by atoms with Gasteiger partial charge >= 0.3 is 6.03 Å². The SMILES string of the molecule is CC(CO)NC(=O)Nc1cnc(C2CC2)nc1. The minimum absolute atomic E-state index is 0.0927. The zero-order valence-electron chi connectivity index (χ0n) is 9.68. The van der Waals surface area contributed by atoms with Crippen molar-refractivity contribution in [2.24, 2.45) is 0 Å². The highest BCUT2D eigenvalue weighted by atomic mass is 16.3. The third-order valence-electron chi connectivity index (χ3n) is 2.52. The van der Waals surface area contributed by atoms with Crippen LogP contribution in [-0.4, -0.2) is 33.8 Å². The van der Waals surface area contributed by atoms with Crippen LogP contribution in [0.5, 0.6) is 0 Å². The van der Waals surface area contributed by atoms with Gasteiger partial charge in [0.15, 0.2) is 0 Å². The molecule has 1 aliphatic carbocycles. The van der Waals surface area contributed by atoms with Crippen LogP contribution in [0.4, 0.5) is 10.5 Å². The first-order valence-electron chi connectivity index (χ1n) is 5.69. The Labute approximate surface area is 99.5 Å². The fourth-order valence-electron chi connectivity index (χ4n) is 1.39. The number of urea groups is 1. The van der Waals surface area contributed by atoms with Crippen LogP contribution in [0, 0.1) is 0 Å². The number of aliphatic hydroxyl groups excluding tert-OH is 1. The third kappa shape index (κ3) is 3.39. The van der Waals surface area contributed by atoms with Gasteiger partial charge < -0.3 is 15.7 Å². The molecule has 0 spiro atoms. The smallest absolute Gasteiger partial charge is 0.319 e. The van der Waals surface area contributed by atoms with Crippen molar-refractivity contribution in [2.75, 3.05) is 11.9 Å². The van der Waals surface area contributed by atoms with Gasteiger partial charge in [0.2, 0.25) is 0 Å². The van der Waals surface area contributed by atoms with E-state index in [1.165, 1.54) is 0 Å². The number of carbonyl (C=O) groups excluding carboxylic acids is 1. The lowest BCUT2D eigenvalue weighted by molar-refractivity contribution is 0.229.